The number of halogens is 3. The zero-order valence-corrected chi connectivity index (χ0v) is 18.8. The Hall–Kier alpha value is -2.89. The lowest BCUT2D eigenvalue weighted by Crippen LogP contribution is -2.54. The zero-order valence-electron chi connectivity index (χ0n) is 18.8. The van der Waals surface area contributed by atoms with Gasteiger partial charge in [-0.05, 0) is 42.8 Å². The summed E-state index contributed by atoms with van der Waals surface area (Å²) in [7, 11) is 1.57. The fourth-order valence-electron chi connectivity index (χ4n) is 4.31. The van der Waals surface area contributed by atoms with Gasteiger partial charge in [-0.2, -0.15) is 0 Å². The van der Waals surface area contributed by atoms with Gasteiger partial charge in [0.25, 0.3) is 5.91 Å². The molecule has 0 saturated carbocycles. The SMILES string of the molecule is COc1cccnc1[C@@]12CCN(C(=O)c3ccc(OCCOC(F)(F)F)c(C)c3)C[C@H]1OCO2. The van der Waals surface area contributed by atoms with E-state index in [1.165, 1.54) is 0 Å². The van der Waals surface area contributed by atoms with E-state index >= 15 is 0 Å². The maximum absolute atomic E-state index is 13.2. The largest absolute Gasteiger partial charge is 0.522 e. The molecule has 0 aliphatic carbocycles. The van der Waals surface area contributed by atoms with Gasteiger partial charge in [0.05, 0.1) is 20.3 Å². The van der Waals surface area contributed by atoms with E-state index in [9.17, 15) is 18.0 Å². The fourth-order valence-corrected chi connectivity index (χ4v) is 4.31. The van der Waals surface area contributed by atoms with Crippen molar-refractivity contribution >= 4 is 5.91 Å². The molecule has 2 atom stereocenters. The maximum Gasteiger partial charge on any atom is 0.522 e. The van der Waals surface area contributed by atoms with Gasteiger partial charge < -0.3 is 23.8 Å². The fraction of sp³-hybridized carbons (Fsp3) is 0.478. The minimum atomic E-state index is -4.70. The van der Waals surface area contributed by atoms with Gasteiger partial charge in [-0.25, -0.2) is 0 Å². The van der Waals surface area contributed by atoms with Crippen LogP contribution in [0, 0.1) is 6.92 Å². The van der Waals surface area contributed by atoms with Crippen LogP contribution in [0.1, 0.15) is 28.0 Å². The summed E-state index contributed by atoms with van der Waals surface area (Å²) in [5.41, 5.74) is 0.926. The molecule has 0 spiro atoms. The minimum Gasteiger partial charge on any atom is -0.495 e. The Morgan fingerprint density at radius 2 is 2.09 bits per heavy atom. The van der Waals surface area contributed by atoms with Gasteiger partial charge in [-0.3, -0.25) is 14.5 Å². The number of alkyl halides is 3. The number of methoxy groups -OCH3 is 1. The summed E-state index contributed by atoms with van der Waals surface area (Å²) >= 11 is 0. The quantitative estimate of drug-likeness (QED) is 0.560. The van der Waals surface area contributed by atoms with Crippen LogP contribution in [-0.4, -0.2) is 68.5 Å². The van der Waals surface area contributed by atoms with Crippen molar-refractivity contribution in [3.8, 4) is 11.5 Å². The van der Waals surface area contributed by atoms with Gasteiger partial charge in [0, 0.05) is 24.7 Å². The number of aromatic nitrogens is 1. The molecule has 34 heavy (non-hydrogen) atoms. The van der Waals surface area contributed by atoms with Crippen molar-refractivity contribution in [3.63, 3.8) is 0 Å². The van der Waals surface area contributed by atoms with Crippen molar-refractivity contribution in [2.75, 3.05) is 40.2 Å². The molecule has 0 radical (unpaired) electrons. The summed E-state index contributed by atoms with van der Waals surface area (Å²) in [4.78, 5) is 19.4. The van der Waals surface area contributed by atoms with Crippen LogP contribution in [0.15, 0.2) is 36.5 Å². The molecule has 0 unspecified atom stereocenters. The second-order valence-electron chi connectivity index (χ2n) is 7.99. The lowest BCUT2D eigenvalue weighted by Gasteiger charge is -2.41. The van der Waals surface area contributed by atoms with Crippen molar-refractivity contribution < 1.29 is 41.7 Å². The third-order valence-corrected chi connectivity index (χ3v) is 5.95. The highest BCUT2D eigenvalue weighted by Crippen LogP contribution is 2.45. The van der Waals surface area contributed by atoms with Crippen LogP contribution in [0.4, 0.5) is 13.2 Å². The van der Waals surface area contributed by atoms with Crippen LogP contribution < -0.4 is 9.47 Å². The van der Waals surface area contributed by atoms with E-state index < -0.39 is 24.7 Å². The number of piperidine rings is 1. The Morgan fingerprint density at radius 1 is 1.26 bits per heavy atom. The molecule has 2 fully saturated rings. The Kier molecular flexibility index (Phi) is 6.96. The van der Waals surface area contributed by atoms with E-state index in [1.54, 1.807) is 49.4 Å². The molecule has 11 heteroatoms. The van der Waals surface area contributed by atoms with Crippen LogP contribution >= 0.6 is 0 Å². The molecule has 2 aromatic rings. The van der Waals surface area contributed by atoms with E-state index in [0.29, 0.717) is 47.8 Å². The number of likely N-dealkylation sites (tertiary alicyclic amines) is 1. The molecule has 4 rings (SSSR count). The lowest BCUT2D eigenvalue weighted by molar-refractivity contribution is -0.325. The average molecular weight is 482 g/mol. The van der Waals surface area contributed by atoms with Crippen molar-refractivity contribution in [1.29, 1.82) is 0 Å². The molecule has 3 heterocycles. The van der Waals surface area contributed by atoms with E-state index in [-0.39, 0.29) is 19.3 Å². The van der Waals surface area contributed by atoms with Gasteiger partial charge >= 0.3 is 6.36 Å². The highest BCUT2D eigenvalue weighted by Gasteiger charge is 2.53. The number of hydrogen-bond donors (Lipinski definition) is 0. The summed E-state index contributed by atoms with van der Waals surface area (Å²) in [6, 6.07) is 8.40. The van der Waals surface area contributed by atoms with E-state index in [0.717, 1.165) is 0 Å². The standard InChI is InChI=1S/C23H25F3N2O6/c1-15-12-16(5-6-17(15)31-10-11-33-23(24,25)26)21(29)28-9-7-22(19(13-28)32-14-34-22)20-18(30-2)4-3-8-27-20/h3-6,8,12,19H,7,9-11,13-14H2,1-2H3/t19-,22-/m1/s1. The lowest BCUT2D eigenvalue weighted by atomic mass is 9.84. The number of carbonyl (C=O) groups is 1. The number of rotatable bonds is 7. The number of benzene rings is 1. The third-order valence-electron chi connectivity index (χ3n) is 5.95. The second kappa shape index (κ2) is 9.77. The summed E-state index contributed by atoms with van der Waals surface area (Å²) in [5.74, 6) is 0.798. The van der Waals surface area contributed by atoms with Gasteiger partial charge in [-0.15, -0.1) is 13.2 Å². The molecule has 1 amide bonds. The zero-order chi connectivity index (χ0) is 24.3. The van der Waals surface area contributed by atoms with Crippen molar-refractivity contribution in [2.24, 2.45) is 0 Å². The number of fused-ring (bicyclic) bond motifs is 1. The van der Waals surface area contributed by atoms with Crippen LogP contribution in [-0.2, 0) is 19.8 Å². The molecule has 0 N–H and O–H groups in total. The Bertz CT molecular complexity index is 1030. The first-order valence-electron chi connectivity index (χ1n) is 10.7. The van der Waals surface area contributed by atoms with Crippen LogP contribution in [0.2, 0.25) is 0 Å². The molecule has 2 saturated heterocycles. The monoisotopic (exact) mass is 482 g/mol. The normalized spacial score (nSPS) is 22.4. The van der Waals surface area contributed by atoms with Gasteiger partial charge in [0.2, 0.25) is 0 Å². The first kappa shape index (κ1) is 24.2. The molecule has 0 bridgehead atoms. The summed E-state index contributed by atoms with van der Waals surface area (Å²) in [6.07, 6.45) is -2.96. The first-order valence-corrected chi connectivity index (χ1v) is 10.7. The number of nitrogens with zero attached hydrogens (tertiary/aromatic N) is 2. The molecular weight excluding hydrogens is 457 g/mol. The smallest absolute Gasteiger partial charge is 0.495 e. The summed E-state index contributed by atoms with van der Waals surface area (Å²) < 4.78 is 62.6. The average Bonchev–Trinajstić information content (AvgIpc) is 3.25. The highest BCUT2D eigenvalue weighted by atomic mass is 19.4. The summed E-state index contributed by atoms with van der Waals surface area (Å²) in [5, 5.41) is 0. The van der Waals surface area contributed by atoms with E-state index in [2.05, 4.69) is 9.72 Å². The van der Waals surface area contributed by atoms with Crippen molar-refractivity contribution in [1.82, 2.24) is 9.88 Å². The third kappa shape index (κ3) is 4.96. The van der Waals surface area contributed by atoms with Gasteiger partial charge in [0.1, 0.15) is 42.3 Å². The number of aryl methyl sites for hydroxylation is 1. The summed E-state index contributed by atoms with van der Waals surface area (Å²) in [6.45, 7) is 1.66. The maximum atomic E-state index is 13.2. The Morgan fingerprint density at radius 3 is 2.82 bits per heavy atom. The molecule has 8 nitrogen and oxygen atoms in total. The molecule has 1 aromatic carbocycles. The van der Waals surface area contributed by atoms with Crippen LogP contribution in [0.25, 0.3) is 0 Å². The molecule has 1 aromatic heterocycles. The topological polar surface area (TPSA) is 79.4 Å². The Labute approximate surface area is 194 Å². The predicted molar refractivity (Wildman–Crippen MR) is 112 cm³/mol. The predicted octanol–water partition coefficient (Wildman–Crippen LogP) is 3.43. The highest BCUT2D eigenvalue weighted by molar-refractivity contribution is 5.94. The molecular formula is C23H25F3N2O6. The van der Waals surface area contributed by atoms with Gasteiger partial charge in [0.15, 0.2) is 0 Å². The number of hydrogen-bond acceptors (Lipinski definition) is 7. The molecule has 184 valence electrons. The number of amides is 1. The minimum absolute atomic E-state index is 0.0929. The van der Waals surface area contributed by atoms with E-state index in [4.69, 9.17) is 18.9 Å². The van der Waals surface area contributed by atoms with Crippen molar-refractivity contribution in [2.45, 2.75) is 31.4 Å². The molecule has 2 aliphatic heterocycles. The van der Waals surface area contributed by atoms with E-state index in [1.807, 2.05) is 6.07 Å². The number of ether oxygens (including phenoxy) is 5. The molecule has 2 aliphatic rings. The van der Waals surface area contributed by atoms with Crippen LogP contribution in [0.5, 0.6) is 11.5 Å². The number of carbonyl (C=O) groups excluding carboxylic acids is 1. The van der Waals surface area contributed by atoms with Gasteiger partial charge in [-0.1, -0.05) is 0 Å². The van der Waals surface area contributed by atoms with Crippen LogP contribution in [0.3, 0.4) is 0 Å². The first-order chi connectivity index (χ1) is 16.2. The Balaban J connectivity index is 1.42. The number of pyridine rings is 1. The van der Waals surface area contributed by atoms with Crippen molar-refractivity contribution in [3.05, 3.63) is 53.3 Å². The second-order valence-corrected chi connectivity index (χ2v) is 7.99.